The van der Waals surface area contributed by atoms with Crippen molar-refractivity contribution in [2.75, 3.05) is 26.4 Å². The molecule has 54 heavy (non-hydrogen) atoms. The van der Waals surface area contributed by atoms with Crippen LogP contribution in [0, 0.1) is 0 Å². The van der Waals surface area contributed by atoms with Crippen molar-refractivity contribution < 1.29 is 37.6 Å². The molecule has 0 aromatic carbocycles. The summed E-state index contributed by atoms with van der Waals surface area (Å²) in [5, 5.41) is 0. The van der Waals surface area contributed by atoms with Gasteiger partial charge in [-0.2, -0.15) is 0 Å². The van der Waals surface area contributed by atoms with Gasteiger partial charge in [0.2, 0.25) is 0 Å². The molecule has 10 heteroatoms. The van der Waals surface area contributed by atoms with Crippen molar-refractivity contribution in [3.8, 4) is 0 Å². The minimum absolute atomic E-state index is 0.0484. The monoisotopic (exact) mass is 780 g/mol. The zero-order chi connectivity index (χ0) is 39.6. The lowest BCUT2D eigenvalue weighted by Gasteiger charge is -2.19. The molecule has 0 spiro atoms. The molecule has 3 N–H and O–H groups in total. The average molecular weight is 780 g/mol. The van der Waals surface area contributed by atoms with E-state index in [0.717, 1.165) is 89.9 Å². The van der Waals surface area contributed by atoms with Crippen LogP contribution < -0.4 is 5.73 Å². The van der Waals surface area contributed by atoms with Crippen LogP contribution in [0.1, 0.15) is 174 Å². The molecular weight excluding hydrogens is 701 g/mol. The molecule has 0 heterocycles. The van der Waals surface area contributed by atoms with Crippen LogP contribution in [0.2, 0.25) is 0 Å². The van der Waals surface area contributed by atoms with Gasteiger partial charge >= 0.3 is 19.8 Å². The summed E-state index contributed by atoms with van der Waals surface area (Å²) in [6.45, 7) is 3.56. The van der Waals surface area contributed by atoms with Crippen LogP contribution in [0.4, 0.5) is 0 Å². The molecule has 0 fully saturated rings. The summed E-state index contributed by atoms with van der Waals surface area (Å²) < 4.78 is 32.7. The lowest BCUT2D eigenvalue weighted by molar-refractivity contribution is -0.161. The third-order valence-electron chi connectivity index (χ3n) is 8.64. The van der Waals surface area contributed by atoms with E-state index in [1.165, 1.54) is 51.4 Å². The lowest BCUT2D eigenvalue weighted by atomic mass is 10.1. The van der Waals surface area contributed by atoms with Gasteiger partial charge in [0, 0.05) is 19.4 Å². The molecule has 0 aliphatic carbocycles. The highest BCUT2D eigenvalue weighted by molar-refractivity contribution is 7.47. The maximum Gasteiger partial charge on any atom is 0.472 e. The van der Waals surface area contributed by atoms with Gasteiger partial charge in [-0.3, -0.25) is 18.6 Å². The van der Waals surface area contributed by atoms with Gasteiger partial charge in [-0.1, -0.05) is 145 Å². The number of esters is 2. The molecule has 0 radical (unpaired) electrons. The topological polar surface area (TPSA) is 134 Å². The number of hydrogen-bond acceptors (Lipinski definition) is 8. The predicted molar refractivity (Wildman–Crippen MR) is 224 cm³/mol. The fourth-order valence-electron chi connectivity index (χ4n) is 5.50. The van der Waals surface area contributed by atoms with Crippen molar-refractivity contribution >= 4 is 19.8 Å². The Morgan fingerprint density at radius 3 is 1.54 bits per heavy atom. The van der Waals surface area contributed by atoms with Crippen molar-refractivity contribution in [3.63, 3.8) is 0 Å². The molecule has 0 aromatic rings. The second-order valence-corrected chi connectivity index (χ2v) is 15.3. The highest BCUT2D eigenvalue weighted by Gasteiger charge is 2.26. The first kappa shape index (κ1) is 51.7. The molecule has 0 rings (SSSR count). The van der Waals surface area contributed by atoms with E-state index in [1.54, 1.807) is 0 Å². The molecule has 9 nitrogen and oxygen atoms in total. The number of rotatable bonds is 39. The van der Waals surface area contributed by atoms with Gasteiger partial charge < -0.3 is 20.1 Å². The summed E-state index contributed by atoms with van der Waals surface area (Å²) in [6, 6.07) is 0. The number of nitrogens with two attached hydrogens (primary N) is 1. The highest BCUT2D eigenvalue weighted by atomic mass is 31.2. The van der Waals surface area contributed by atoms with E-state index in [-0.39, 0.29) is 32.6 Å². The number of hydrogen-bond donors (Lipinski definition) is 2. The third kappa shape index (κ3) is 39.4. The number of phosphoric ester groups is 1. The fraction of sp³-hybridized carbons (Fsp3) is 0.727. The standard InChI is InChI=1S/C44H78NO8P/c1-3-5-7-9-11-13-15-17-18-19-20-21-22-23-24-25-27-29-31-33-35-37-44(47)53-42(41-52-54(48,49)51-39-38-45)40-50-43(46)36-34-32-30-28-26-16-14-12-10-8-6-4-2/h5,7,11-14,17-18,20-21,42H,3-4,6,8-10,15-16,19,22-41,45H2,1-2H3,(H,48,49)/b7-5-,13-11-,14-12-,18-17-,21-20-. The van der Waals surface area contributed by atoms with Gasteiger partial charge in [-0.15, -0.1) is 0 Å². The lowest BCUT2D eigenvalue weighted by Crippen LogP contribution is -2.29. The zero-order valence-electron chi connectivity index (χ0n) is 34.2. The first-order chi connectivity index (χ1) is 26.3. The predicted octanol–water partition coefficient (Wildman–Crippen LogP) is 12.1. The zero-order valence-corrected chi connectivity index (χ0v) is 35.1. The fourth-order valence-corrected chi connectivity index (χ4v) is 6.27. The van der Waals surface area contributed by atoms with E-state index >= 15 is 0 Å². The highest BCUT2D eigenvalue weighted by Crippen LogP contribution is 2.43. The molecule has 312 valence electrons. The van der Waals surface area contributed by atoms with E-state index in [4.69, 9.17) is 24.3 Å². The van der Waals surface area contributed by atoms with Gasteiger partial charge in [0.15, 0.2) is 6.10 Å². The SMILES string of the molecule is CC/C=C\C/C=C\C/C=C\C/C=C\CCCCCCCCCCC(=O)OC(COC(=O)CCCCCCC/C=C\CCCCC)COP(=O)(O)OCCN. The van der Waals surface area contributed by atoms with Crippen LogP contribution in [0.15, 0.2) is 60.8 Å². The van der Waals surface area contributed by atoms with E-state index < -0.39 is 32.5 Å². The third-order valence-corrected chi connectivity index (χ3v) is 9.62. The summed E-state index contributed by atoms with van der Waals surface area (Å²) >= 11 is 0. The maximum absolute atomic E-state index is 12.6. The number of phosphoric acid groups is 1. The molecule has 2 unspecified atom stereocenters. The Kier molecular flexibility index (Phi) is 38.7. The number of ether oxygens (including phenoxy) is 2. The smallest absolute Gasteiger partial charge is 0.462 e. The second kappa shape index (κ2) is 40.4. The molecule has 0 bridgehead atoms. The average Bonchev–Trinajstić information content (AvgIpc) is 3.16. The Bertz CT molecular complexity index is 1070. The molecule has 0 saturated heterocycles. The van der Waals surface area contributed by atoms with Gasteiger partial charge in [0.25, 0.3) is 0 Å². The van der Waals surface area contributed by atoms with Crippen molar-refractivity contribution in [2.45, 2.75) is 180 Å². The van der Waals surface area contributed by atoms with E-state index in [0.29, 0.717) is 6.42 Å². The van der Waals surface area contributed by atoms with Gasteiger partial charge in [-0.05, 0) is 77.0 Å². The Balaban J connectivity index is 4.16. The summed E-state index contributed by atoms with van der Waals surface area (Å²) in [5.41, 5.74) is 5.34. The Hall–Kier alpha value is -2.29. The largest absolute Gasteiger partial charge is 0.472 e. The van der Waals surface area contributed by atoms with Crippen LogP contribution in [0.3, 0.4) is 0 Å². The van der Waals surface area contributed by atoms with Gasteiger partial charge in [0.1, 0.15) is 6.61 Å². The summed E-state index contributed by atoms with van der Waals surface area (Å²) in [5.74, 6) is -0.852. The molecule has 0 aromatic heterocycles. The van der Waals surface area contributed by atoms with Gasteiger partial charge in [0.05, 0.1) is 13.2 Å². The van der Waals surface area contributed by atoms with Crippen LogP contribution in [0.25, 0.3) is 0 Å². The Morgan fingerprint density at radius 1 is 0.574 bits per heavy atom. The summed E-state index contributed by atoms with van der Waals surface area (Å²) in [6.07, 6.45) is 46.8. The molecule has 2 atom stereocenters. The summed E-state index contributed by atoms with van der Waals surface area (Å²) in [4.78, 5) is 34.8. The minimum Gasteiger partial charge on any atom is -0.462 e. The van der Waals surface area contributed by atoms with E-state index in [1.807, 2.05) is 0 Å². The van der Waals surface area contributed by atoms with Crippen molar-refractivity contribution in [3.05, 3.63) is 60.8 Å². The molecule has 0 saturated carbocycles. The number of carbonyl (C=O) groups is 2. The van der Waals surface area contributed by atoms with Crippen LogP contribution >= 0.6 is 7.82 Å². The number of allylic oxidation sites excluding steroid dienone is 10. The maximum atomic E-state index is 12.6. The molecule has 0 aliphatic rings. The summed E-state index contributed by atoms with van der Waals surface area (Å²) in [7, 11) is -4.38. The first-order valence-electron chi connectivity index (χ1n) is 21.3. The minimum atomic E-state index is -4.38. The normalized spacial score (nSPS) is 13.9. The van der Waals surface area contributed by atoms with Gasteiger partial charge in [-0.25, -0.2) is 4.57 Å². The molecular formula is C44H78NO8P. The van der Waals surface area contributed by atoms with Crippen LogP contribution in [-0.2, 0) is 32.7 Å². The second-order valence-electron chi connectivity index (χ2n) is 13.8. The van der Waals surface area contributed by atoms with Crippen molar-refractivity contribution in [1.29, 1.82) is 0 Å². The van der Waals surface area contributed by atoms with Crippen molar-refractivity contribution in [2.24, 2.45) is 5.73 Å². The quantitative estimate of drug-likeness (QED) is 0.0270. The van der Waals surface area contributed by atoms with E-state index in [9.17, 15) is 19.0 Å². The molecule has 0 aliphatic heterocycles. The van der Waals surface area contributed by atoms with Crippen LogP contribution in [-0.4, -0.2) is 49.3 Å². The number of carbonyl (C=O) groups excluding carboxylic acids is 2. The van der Waals surface area contributed by atoms with Crippen molar-refractivity contribution in [1.82, 2.24) is 0 Å². The van der Waals surface area contributed by atoms with E-state index in [2.05, 4.69) is 74.6 Å². The Morgan fingerprint density at radius 2 is 1.02 bits per heavy atom. The van der Waals surface area contributed by atoms with Crippen LogP contribution in [0.5, 0.6) is 0 Å². The molecule has 0 amide bonds. The first-order valence-corrected chi connectivity index (χ1v) is 22.8. The Labute approximate surface area is 329 Å². The number of unbranched alkanes of at least 4 members (excludes halogenated alkanes) is 16.